The van der Waals surface area contributed by atoms with Crippen LogP contribution in [0.5, 0.6) is 0 Å². The van der Waals surface area contributed by atoms with E-state index in [2.05, 4.69) is 0 Å². The van der Waals surface area contributed by atoms with Gasteiger partial charge in [0.1, 0.15) is 0 Å². The number of rotatable bonds is 3. The Bertz CT molecular complexity index is 435. The molecule has 2 N–H and O–H groups in total. The first kappa shape index (κ1) is 11.5. The van der Waals surface area contributed by atoms with Gasteiger partial charge in [-0.15, -0.1) is 0 Å². The Balaban J connectivity index is 2.35. The molecule has 16 heavy (non-hydrogen) atoms. The van der Waals surface area contributed by atoms with E-state index in [1.807, 2.05) is 0 Å². The van der Waals surface area contributed by atoms with Crippen LogP contribution in [0.4, 0.5) is 0 Å². The SMILES string of the molecule is O=C(O)CCc1c(Cl)ccc2c1B(O)OC2. The van der Waals surface area contributed by atoms with Gasteiger partial charge in [0, 0.05) is 11.4 Å². The van der Waals surface area contributed by atoms with Crippen molar-refractivity contribution >= 4 is 30.2 Å². The third-order valence-electron chi connectivity index (χ3n) is 2.62. The molecule has 0 amide bonds. The number of benzene rings is 1. The highest BCUT2D eigenvalue weighted by Gasteiger charge is 2.31. The maximum Gasteiger partial charge on any atom is 0.492 e. The number of hydrogen-bond acceptors (Lipinski definition) is 3. The van der Waals surface area contributed by atoms with Crippen LogP contribution in [0, 0.1) is 0 Å². The van der Waals surface area contributed by atoms with Gasteiger partial charge in [-0.25, -0.2) is 0 Å². The molecule has 1 aromatic rings. The van der Waals surface area contributed by atoms with Gasteiger partial charge in [0.2, 0.25) is 0 Å². The van der Waals surface area contributed by atoms with Crippen molar-refractivity contribution in [3.8, 4) is 0 Å². The van der Waals surface area contributed by atoms with Crippen molar-refractivity contribution in [3.63, 3.8) is 0 Å². The molecule has 0 saturated heterocycles. The van der Waals surface area contributed by atoms with E-state index in [0.29, 0.717) is 29.1 Å². The molecule has 0 radical (unpaired) electrons. The molecule has 0 unspecified atom stereocenters. The van der Waals surface area contributed by atoms with E-state index in [1.54, 1.807) is 12.1 Å². The fourth-order valence-electron chi connectivity index (χ4n) is 1.86. The molecule has 6 heteroatoms. The molecular weight excluding hydrogens is 230 g/mol. The first-order valence-electron chi connectivity index (χ1n) is 4.91. The lowest BCUT2D eigenvalue weighted by Crippen LogP contribution is -2.32. The van der Waals surface area contributed by atoms with Gasteiger partial charge in [-0.3, -0.25) is 4.79 Å². The van der Waals surface area contributed by atoms with Crippen LogP contribution in [0.25, 0.3) is 0 Å². The Hall–Kier alpha value is -1.04. The van der Waals surface area contributed by atoms with Crippen LogP contribution in [-0.4, -0.2) is 23.2 Å². The second kappa shape index (κ2) is 4.45. The van der Waals surface area contributed by atoms with Crippen molar-refractivity contribution in [1.29, 1.82) is 0 Å². The third-order valence-corrected chi connectivity index (χ3v) is 2.98. The zero-order chi connectivity index (χ0) is 11.7. The van der Waals surface area contributed by atoms with Crippen LogP contribution in [0.3, 0.4) is 0 Å². The average molecular weight is 240 g/mol. The lowest BCUT2D eigenvalue weighted by atomic mass is 9.75. The van der Waals surface area contributed by atoms with Gasteiger partial charge < -0.3 is 14.8 Å². The normalized spacial score (nSPS) is 14.0. The molecule has 0 bridgehead atoms. The summed E-state index contributed by atoms with van der Waals surface area (Å²) < 4.78 is 5.08. The Morgan fingerprint density at radius 1 is 1.56 bits per heavy atom. The van der Waals surface area contributed by atoms with Gasteiger partial charge in [0.25, 0.3) is 0 Å². The first-order valence-corrected chi connectivity index (χ1v) is 5.29. The van der Waals surface area contributed by atoms with E-state index in [0.717, 1.165) is 5.56 Å². The van der Waals surface area contributed by atoms with E-state index < -0.39 is 13.1 Å². The van der Waals surface area contributed by atoms with E-state index in [-0.39, 0.29) is 6.42 Å². The quantitative estimate of drug-likeness (QED) is 0.758. The van der Waals surface area contributed by atoms with Gasteiger partial charge in [-0.1, -0.05) is 17.7 Å². The summed E-state index contributed by atoms with van der Waals surface area (Å²) in [6.07, 6.45) is 0.292. The largest absolute Gasteiger partial charge is 0.492 e. The second-order valence-corrected chi connectivity index (χ2v) is 4.06. The maximum atomic E-state index is 10.5. The maximum absolute atomic E-state index is 10.5. The molecule has 0 atom stereocenters. The van der Waals surface area contributed by atoms with Crippen LogP contribution < -0.4 is 5.46 Å². The number of carboxylic acid groups (broad SMARTS) is 1. The minimum absolute atomic E-state index is 0.0110. The monoisotopic (exact) mass is 240 g/mol. The number of aliphatic carboxylic acids is 1. The molecule has 1 aliphatic heterocycles. The highest BCUT2D eigenvalue weighted by Crippen LogP contribution is 2.21. The van der Waals surface area contributed by atoms with Crippen LogP contribution in [0.2, 0.25) is 5.02 Å². The standard InChI is InChI=1S/C10H10BClO4/c12-8-3-1-6-5-16-11(15)10(6)7(8)2-4-9(13)14/h1,3,15H,2,4-5H2,(H,13,14). The number of carboxylic acids is 1. The van der Waals surface area contributed by atoms with Gasteiger partial charge >= 0.3 is 13.1 Å². The lowest BCUT2D eigenvalue weighted by molar-refractivity contribution is -0.136. The molecule has 4 nitrogen and oxygen atoms in total. The molecule has 2 rings (SSSR count). The van der Waals surface area contributed by atoms with Gasteiger partial charge in [0.15, 0.2) is 0 Å². The van der Waals surface area contributed by atoms with Crippen LogP contribution in [-0.2, 0) is 22.5 Å². The van der Waals surface area contributed by atoms with E-state index in [9.17, 15) is 9.82 Å². The smallest absolute Gasteiger partial charge is 0.481 e. The van der Waals surface area contributed by atoms with Crippen LogP contribution in [0.15, 0.2) is 12.1 Å². The predicted octanol–water partition coefficient (Wildman–Crippen LogP) is 0.575. The van der Waals surface area contributed by atoms with Crippen LogP contribution in [0.1, 0.15) is 17.5 Å². The number of halogens is 1. The third kappa shape index (κ3) is 2.07. The number of carbonyl (C=O) groups is 1. The van der Waals surface area contributed by atoms with E-state index in [4.69, 9.17) is 21.4 Å². The summed E-state index contributed by atoms with van der Waals surface area (Å²) in [5.41, 5.74) is 2.18. The fourth-order valence-corrected chi connectivity index (χ4v) is 2.12. The summed E-state index contributed by atoms with van der Waals surface area (Å²) in [5, 5.41) is 18.7. The molecule has 1 aliphatic rings. The molecular formula is C10H10BClO4. The van der Waals surface area contributed by atoms with E-state index in [1.165, 1.54) is 0 Å². The number of fused-ring (bicyclic) bond motifs is 1. The summed E-state index contributed by atoms with van der Waals surface area (Å²) in [5.74, 6) is -0.887. The van der Waals surface area contributed by atoms with E-state index >= 15 is 0 Å². The minimum Gasteiger partial charge on any atom is -0.481 e. The average Bonchev–Trinajstić information content (AvgIpc) is 2.59. The van der Waals surface area contributed by atoms with Gasteiger partial charge in [-0.2, -0.15) is 0 Å². The zero-order valence-electron chi connectivity index (χ0n) is 8.44. The number of hydrogen-bond donors (Lipinski definition) is 2. The molecule has 0 aromatic heterocycles. The molecule has 1 heterocycles. The molecule has 84 valence electrons. The zero-order valence-corrected chi connectivity index (χ0v) is 9.20. The highest BCUT2D eigenvalue weighted by molar-refractivity contribution is 6.62. The second-order valence-electron chi connectivity index (χ2n) is 3.66. The summed E-state index contributed by atoms with van der Waals surface area (Å²) in [7, 11) is -0.988. The summed E-state index contributed by atoms with van der Waals surface area (Å²) >= 11 is 6.00. The summed E-state index contributed by atoms with van der Waals surface area (Å²) in [6, 6.07) is 3.50. The molecule has 0 aliphatic carbocycles. The Kier molecular flexibility index (Phi) is 3.19. The van der Waals surface area contributed by atoms with Crippen molar-refractivity contribution < 1.29 is 19.6 Å². The van der Waals surface area contributed by atoms with Gasteiger partial charge in [-0.05, 0) is 29.1 Å². The van der Waals surface area contributed by atoms with Crippen molar-refractivity contribution in [1.82, 2.24) is 0 Å². The van der Waals surface area contributed by atoms with Crippen molar-refractivity contribution in [2.24, 2.45) is 0 Å². The Morgan fingerprint density at radius 3 is 3.00 bits per heavy atom. The van der Waals surface area contributed by atoms with Crippen LogP contribution >= 0.6 is 11.6 Å². The highest BCUT2D eigenvalue weighted by atomic mass is 35.5. The van der Waals surface area contributed by atoms with Crippen molar-refractivity contribution in [3.05, 3.63) is 28.3 Å². The molecule has 0 spiro atoms. The summed E-state index contributed by atoms with van der Waals surface area (Å²) in [6.45, 7) is 0.341. The minimum atomic E-state index is -0.988. The van der Waals surface area contributed by atoms with Crippen molar-refractivity contribution in [2.75, 3.05) is 0 Å². The Morgan fingerprint density at radius 2 is 2.31 bits per heavy atom. The first-order chi connectivity index (χ1) is 7.59. The Labute approximate surface area is 97.9 Å². The molecule has 0 fully saturated rings. The van der Waals surface area contributed by atoms with Gasteiger partial charge in [0.05, 0.1) is 6.61 Å². The molecule has 1 aromatic carbocycles. The lowest BCUT2D eigenvalue weighted by Gasteiger charge is -2.09. The van der Waals surface area contributed by atoms with Crippen molar-refractivity contribution in [2.45, 2.75) is 19.4 Å². The summed E-state index contributed by atoms with van der Waals surface area (Å²) in [4.78, 5) is 10.5. The predicted molar refractivity (Wildman–Crippen MR) is 59.8 cm³/mol. The fraction of sp³-hybridized carbons (Fsp3) is 0.300. The molecule has 0 saturated carbocycles. The topological polar surface area (TPSA) is 66.8 Å².